The summed E-state index contributed by atoms with van der Waals surface area (Å²) in [5.74, 6) is 0.218. The van der Waals surface area contributed by atoms with Crippen LogP contribution in [0, 0.1) is 0 Å². The molecule has 0 saturated heterocycles. The van der Waals surface area contributed by atoms with Gasteiger partial charge in [-0.05, 0) is 13.0 Å². The number of methoxy groups -OCH3 is 1. The van der Waals surface area contributed by atoms with E-state index in [9.17, 15) is 4.79 Å². The molecule has 0 fully saturated rings. The van der Waals surface area contributed by atoms with Crippen LogP contribution in [0.15, 0.2) is 16.7 Å². The van der Waals surface area contributed by atoms with Crippen molar-refractivity contribution in [2.45, 2.75) is 19.5 Å². The smallest absolute Gasteiger partial charge is 0.341 e. The van der Waals surface area contributed by atoms with Gasteiger partial charge in [0, 0.05) is 6.04 Å². The lowest BCUT2D eigenvalue weighted by Gasteiger charge is -2.07. The maximum absolute atomic E-state index is 11.1. The molecule has 5 nitrogen and oxygen atoms in total. The Hall–Kier alpha value is -1.33. The summed E-state index contributed by atoms with van der Waals surface area (Å²) < 4.78 is 9.67. The molecule has 1 rings (SSSR count). The Kier molecular flexibility index (Phi) is 4.33. The molecule has 0 radical (unpaired) electrons. The topological polar surface area (TPSA) is 71.7 Å². The third-order valence-corrected chi connectivity index (χ3v) is 1.97. The second-order valence-electron chi connectivity index (χ2n) is 3.26. The lowest BCUT2D eigenvalue weighted by Crippen LogP contribution is -2.28. The molecule has 5 heteroatoms. The highest BCUT2D eigenvalue weighted by Crippen LogP contribution is 2.08. The van der Waals surface area contributed by atoms with Crippen LogP contribution in [-0.4, -0.2) is 30.8 Å². The van der Waals surface area contributed by atoms with Gasteiger partial charge in [0.15, 0.2) is 0 Å². The first kappa shape index (κ1) is 11.7. The first-order valence-corrected chi connectivity index (χ1v) is 4.67. The largest absolute Gasteiger partial charge is 0.467 e. The van der Waals surface area contributed by atoms with Crippen LogP contribution >= 0.6 is 0 Å². The van der Waals surface area contributed by atoms with Gasteiger partial charge in [0.25, 0.3) is 0 Å². The summed E-state index contributed by atoms with van der Waals surface area (Å²) in [7, 11) is 1.32. The molecular formula is C10H15NO4. The SMILES string of the molecule is COC(=O)c1coc(CN[C@H](C)CO)c1. The number of aliphatic hydroxyl groups excluding tert-OH is 1. The number of ether oxygens (including phenoxy) is 1. The Morgan fingerprint density at radius 2 is 2.47 bits per heavy atom. The summed E-state index contributed by atoms with van der Waals surface area (Å²) in [5.41, 5.74) is 0.394. The summed E-state index contributed by atoms with van der Waals surface area (Å²) in [5, 5.41) is 11.8. The number of carbonyl (C=O) groups is 1. The lowest BCUT2D eigenvalue weighted by atomic mass is 10.3. The molecule has 0 unspecified atom stereocenters. The van der Waals surface area contributed by atoms with Gasteiger partial charge in [-0.1, -0.05) is 0 Å². The second kappa shape index (κ2) is 5.53. The zero-order valence-electron chi connectivity index (χ0n) is 8.82. The van der Waals surface area contributed by atoms with Crippen LogP contribution in [0.1, 0.15) is 23.0 Å². The molecule has 1 atom stereocenters. The van der Waals surface area contributed by atoms with Gasteiger partial charge in [-0.3, -0.25) is 0 Å². The Morgan fingerprint density at radius 3 is 3.07 bits per heavy atom. The first-order valence-electron chi connectivity index (χ1n) is 4.67. The quantitative estimate of drug-likeness (QED) is 0.698. The predicted molar refractivity (Wildman–Crippen MR) is 53.4 cm³/mol. The Bertz CT molecular complexity index is 321. The highest BCUT2D eigenvalue weighted by molar-refractivity contribution is 5.88. The molecule has 1 aromatic rings. The van der Waals surface area contributed by atoms with Crippen molar-refractivity contribution in [3.05, 3.63) is 23.7 Å². The summed E-state index contributed by atoms with van der Waals surface area (Å²) >= 11 is 0. The number of carbonyl (C=O) groups excluding carboxylic acids is 1. The molecule has 0 amide bonds. The number of furan rings is 1. The number of rotatable bonds is 5. The normalized spacial score (nSPS) is 12.5. The molecule has 2 N–H and O–H groups in total. The number of esters is 1. The molecule has 0 aliphatic carbocycles. The van der Waals surface area contributed by atoms with Crippen LogP contribution in [0.2, 0.25) is 0 Å². The van der Waals surface area contributed by atoms with Gasteiger partial charge in [-0.25, -0.2) is 4.79 Å². The van der Waals surface area contributed by atoms with Crippen LogP contribution in [-0.2, 0) is 11.3 Å². The average molecular weight is 213 g/mol. The van der Waals surface area contributed by atoms with Gasteiger partial charge in [0.2, 0.25) is 0 Å². The first-order chi connectivity index (χ1) is 7.17. The van der Waals surface area contributed by atoms with E-state index in [1.54, 1.807) is 6.07 Å². The summed E-state index contributed by atoms with van der Waals surface area (Å²) in [6.45, 7) is 2.38. The van der Waals surface area contributed by atoms with E-state index in [-0.39, 0.29) is 12.6 Å². The van der Waals surface area contributed by atoms with Crippen molar-refractivity contribution in [2.75, 3.05) is 13.7 Å². The van der Waals surface area contributed by atoms with E-state index in [1.165, 1.54) is 13.4 Å². The van der Waals surface area contributed by atoms with Crippen molar-refractivity contribution in [2.24, 2.45) is 0 Å². The van der Waals surface area contributed by atoms with Crippen molar-refractivity contribution in [1.29, 1.82) is 0 Å². The number of nitrogens with one attached hydrogen (secondary N) is 1. The fourth-order valence-corrected chi connectivity index (χ4v) is 1.04. The molecule has 0 saturated carbocycles. The van der Waals surface area contributed by atoms with Gasteiger partial charge in [0.1, 0.15) is 12.0 Å². The second-order valence-corrected chi connectivity index (χ2v) is 3.26. The summed E-state index contributed by atoms with van der Waals surface area (Å²) in [4.78, 5) is 11.1. The Labute approximate surface area is 88.0 Å². The zero-order chi connectivity index (χ0) is 11.3. The van der Waals surface area contributed by atoms with E-state index < -0.39 is 5.97 Å². The fourth-order valence-electron chi connectivity index (χ4n) is 1.04. The lowest BCUT2D eigenvalue weighted by molar-refractivity contribution is 0.0600. The minimum atomic E-state index is -0.416. The zero-order valence-corrected chi connectivity index (χ0v) is 8.82. The van der Waals surface area contributed by atoms with Gasteiger partial charge < -0.3 is 19.6 Å². The van der Waals surface area contributed by atoms with E-state index in [4.69, 9.17) is 9.52 Å². The molecular weight excluding hydrogens is 198 g/mol. The molecule has 0 aliphatic heterocycles. The van der Waals surface area contributed by atoms with Gasteiger partial charge in [0.05, 0.1) is 25.8 Å². The molecule has 1 aromatic heterocycles. The van der Waals surface area contributed by atoms with E-state index in [1.807, 2.05) is 6.92 Å². The average Bonchev–Trinajstić information content (AvgIpc) is 2.73. The van der Waals surface area contributed by atoms with Crippen molar-refractivity contribution in [3.63, 3.8) is 0 Å². The van der Waals surface area contributed by atoms with E-state index in [0.29, 0.717) is 17.9 Å². The number of hydrogen-bond acceptors (Lipinski definition) is 5. The highest BCUT2D eigenvalue weighted by Gasteiger charge is 2.10. The minimum Gasteiger partial charge on any atom is -0.467 e. The molecule has 15 heavy (non-hydrogen) atoms. The third-order valence-electron chi connectivity index (χ3n) is 1.97. The van der Waals surface area contributed by atoms with Crippen LogP contribution < -0.4 is 5.32 Å². The van der Waals surface area contributed by atoms with Gasteiger partial charge >= 0.3 is 5.97 Å². The number of hydrogen-bond donors (Lipinski definition) is 2. The summed E-state index contributed by atoms with van der Waals surface area (Å²) in [6.07, 6.45) is 1.35. The third kappa shape index (κ3) is 3.38. The van der Waals surface area contributed by atoms with E-state index in [2.05, 4.69) is 10.1 Å². The maximum atomic E-state index is 11.1. The fraction of sp³-hybridized carbons (Fsp3) is 0.500. The molecule has 0 aromatic carbocycles. The Morgan fingerprint density at radius 1 is 1.73 bits per heavy atom. The molecule has 0 aliphatic rings. The van der Waals surface area contributed by atoms with E-state index >= 15 is 0 Å². The maximum Gasteiger partial charge on any atom is 0.341 e. The molecule has 0 spiro atoms. The minimum absolute atomic E-state index is 0.00308. The van der Waals surface area contributed by atoms with Gasteiger partial charge in [-0.15, -0.1) is 0 Å². The van der Waals surface area contributed by atoms with Crippen LogP contribution in [0.3, 0.4) is 0 Å². The molecule has 0 bridgehead atoms. The van der Waals surface area contributed by atoms with E-state index in [0.717, 1.165) is 0 Å². The van der Waals surface area contributed by atoms with Gasteiger partial charge in [-0.2, -0.15) is 0 Å². The predicted octanol–water partition coefficient (Wildman–Crippen LogP) is 0.537. The van der Waals surface area contributed by atoms with Crippen molar-refractivity contribution >= 4 is 5.97 Å². The molecule has 1 heterocycles. The van der Waals surface area contributed by atoms with Crippen molar-refractivity contribution in [1.82, 2.24) is 5.32 Å². The highest BCUT2D eigenvalue weighted by atomic mass is 16.5. The summed E-state index contributed by atoms with van der Waals surface area (Å²) in [6, 6.07) is 1.61. The standard InChI is InChI=1S/C10H15NO4/c1-7(5-12)11-4-9-3-8(6-15-9)10(13)14-2/h3,6-7,11-12H,4-5H2,1-2H3/t7-/m1/s1. The van der Waals surface area contributed by atoms with Crippen molar-refractivity contribution < 1.29 is 19.1 Å². The van der Waals surface area contributed by atoms with Crippen LogP contribution in [0.5, 0.6) is 0 Å². The van der Waals surface area contributed by atoms with Crippen LogP contribution in [0.25, 0.3) is 0 Å². The molecule has 84 valence electrons. The van der Waals surface area contributed by atoms with Crippen LogP contribution in [0.4, 0.5) is 0 Å². The monoisotopic (exact) mass is 213 g/mol. The Balaban J connectivity index is 2.49. The number of aliphatic hydroxyl groups is 1. The van der Waals surface area contributed by atoms with Crippen molar-refractivity contribution in [3.8, 4) is 0 Å².